The summed E-state index contributed by atoms with van der Waals surface area (Å²) in [6, 6.07) is 16.1. The van der Waals surface area contributed by atoms with Crippen LogP contribution in [-0.2, 0) is 6.54 Å². The molecule has 1 fully saturated rings. The van der Waals surface area contributed by atoms with E-state index in [9.17, 15) is 4.79 Å². The standard InChI is InChI=1S/C22H28N2O2/c1-17(2)26-21-10-5-4-8-20(21)16-23-11-13-24(14-12-23)22(25)19-9-6-7-18(3)15-19/h4-10,15,17H,11-14,16H2,1-3H3. The minimum absolute atomic E-state index is 0.136. The van der Waals surface area contributed by atoms with Gasteiger partial charge in [-0.3, -0.25) is 9.69 Å². The first-order chi connectivity index (χ1) is 12.5. The Bertz CT molecular complexity index is 749. The highest BCUT2D eigenvalue weighted by Crippen LogP contribution is 2.22. The van der Waals surface area contributed by atoms with Gasteiger partial charge in [0.1, 0.15) is 5.75 Å². The molecular weight excluding hydrogens is 324 g/mol. The van der Waals surface area contributed by atoms with Crippen molar-refractivity contribution < 1.29 is 9.53 Å². The van der Waals surface area contributed by atoms with E-state index in [1.807, 2.05) is 62.1 Å². The molecule has 1 saturated heterocycles. The van der Waals surface area contributed by atoms with Crippen molar-refractivity contribution in [1.29, 1.82) is 0 Å². The van der Waals surface area contributed by atoms with Crippen LogP contribution < -0.4 is 4.74 Å². The molecule has 1 aliphatic heterocycles. The number of hydrogen-bond donors (Lipinski definition) is 0. The van der Waals surface area contributed by atoms with Crippen molar-refractivity contribution in [3.63, 3.8) is 0 Å². The summed E-state index contributed by atoms with van der Waals surface area (Å²) >= 11 is 0. The molecule has 1 amide bonds. The number of benzene rings is 2. The van der Waals surface area contributed by atoms with Gasteiger partial charge in [0.05, 0.1) is 6.10 Å². The lowest BCUT2D eigenvalue weighted by atomic mass is 10.1. The van der Waals surface area contributed by atoms with Gasteiger partial charge in [-0.05, 0) is 39.0 Å². The van der Waals surface area contributed by atoms with Crippen molar-refractivity contribution in [2.75, 3.05) is 26.2 Å². The summed E-state index contributed by atoms with van der Waals surface area (Å²) in [6.45, 7) is 10.3. The minimum Gasteiger partial charge on any atom is -0.491 e. The molecule has 3 rings (SSSR count). The topological polar surface area (TPSA) is 32.8 Å². The summed E-state index contributed by atoms with van der Waals surface area (Å²) in [7, 11) is 0. The quantitative estimate of drug-likeness (QED) is 0.822. The molecule has 138 valence electrons. The highest BCUT2D eigenvalue weighted by Gasteiger charge is 2.22. The van der Waals surface area contributed by atoms with Gasteiger partial charge in [-0.15, -0.1) is 0 Å². The maximum Gasteiger partial charge on any atom is 0.253 e. The minimum atomic E-state index is 0.136. The Morgan fingerprint density at radius 1 is 1.04 bits per heavy atom. The summed E-state index contributed by atoms with van der Waals surface area (Å²) in [6.07, 6.45) is 0.167. The van der Waals surface area contributed by atoms with Crippen LogP contribution in [0.15, 0.2) is 48.5 Å². The number of aryl methyl sites for hydroxylation is 1. The van der Waals surface area contributed by atoms with E-state index in [4.69, 9.17) is 4.74 Å². The smallest absolute Gasteiger partial charge is 0.253 e. The van der Waals surface area contributed by atoms with Crippen molar-refractivity contribution in [3.8, 4) is 5.75 Å². The molecule has 0 aromatic heterocycles. The van der Waals surface area contributed by atoms with E-state index in [1.165, 1.54) is 5.56 Å². The molecule has 2 aromatic carbocycles. The highest BCUT2D eigenvalue weighted by molar-refractivity contribution is 5.94. The summed E-state index contributed by atoms with van der Waals surface area (Å²) in [4.78, 5) is 17.0. The number of rotatable bonds is 5. The summed E-state index contributed by atoms with van der Waals surface area (Å²) < 4.78 is 5.92. The normalized spacial score (nSPS) is 15.3. The summed E-state index contributed by atoms with van der Waals surface area (Å²) in [5.41, 5.74) is 3.12. The van der Waals surface area contributed by atoms with Gasteiger partial charge in [0.15, 0.2) is 0 Å². The van der Waals surface area contributed by atoms with Crippen LogP contribution in [0.3, 0.4) is 0 Å². The van der Waals surface area contributed by atoms with Crippen molar-refractivity contribution in [3.05, 3.63) is 65.2 Å². The molecule has 26 heavy (non-hydrogen) atoms. The van der Waals surface area contributed by atoms with Gasteiger partial charge >= 0.3 is 0 Å². The van der Waals surface area contributed by atoms with Crippen LogP contribution in [0.5, 0.6) is 5.75 Å². The fraction of sp³-hybridized carbons (Fsp3) is 0.409. The van der Waals surface area contributed by atoms with E-state index >= 15 is 0 Å². The molecule has 0 N–H and O–H groups in total. The molecule has 0 aliphatic carbocycles. The Hall–Kier alpha value is -2.33. The molecule has 0 saturated carbocycles. The third-order valence-corrected chi connectivity index (χ3v) is 4.65. The maximum atomic E-state index is 12.7. The molecule has 0 atom stereocenters. The molecule has 1 heterocycles. The van der Waals surface area contributed by atoms with Gasteiger partial charge in [0.2, 0.25) is 0 Å². The van der Waals surface area contributed by atoms with Crippen LogP contribution in [0.25, 0.3) is 0 Å². The number of para-hydroxylation sites is 1. The SMILES string of the molecule is Cc1cccc(C(=O)N2CCN(Cc3ccccc3OC(C)C)CC2)c1. The van der Waals surface area contributed by atoms with E-state index in [-0.39, 0.29) is 12.0 Å². The van der Waals surface area contributed by atoms with Gasteiger partial charge < -0.3 is 9.64 Å². The first kappa shape index (κ1) is 18.5. The molecular formula is C22H28N2O2. The average Bonchev–Trinajstić information content (AvgIpc) is 2.63. The Morgan fingerprint density at radius 3 is 2.46 bits per heavy atom. The van der Waals surface area contributed by atoms with Crippen LogP contribution in [-0.4, -0.2) is 48.0 Å². The van der Waals surface area contributed by atoms with Gasteiger partial charge in [0.25, 0.3) is 5.91 Å². The summed E-state index contributed by atoms with van der Waals surface area (Å²) in [5, 5.41) is 0. The zero-order valence-corrected chi connectivity index (χ0v) is 15.9. The van der Waals surface area contributed by atoms with Crippen molar-refractivity contribution in [2.45, 2.75) is 33.4 Å². The van der Waals surface area contributed by atoms with Gasteiger partial charge in [0, 0.05) is 43.9 Å². The van der Waals surface area contributed by atoms with Crippen LogP contribution in [0.1, 0.15) is 35.3 Å². The zero-order chi connectivity index (χ0) is 18.5. The Kier molecular flexibility index (Phi) is 5.94. The molecule has 0 unspecified atom stereocenters. The molecule has 0 radical (unpaired) electrons. The summed E-state index contributed by atoms with van der Waals surface area (Å²) in [5.74, 6) is 1.10. The van der Waals surface area contributed by atoms with Crippen LogP contribution in [0, 0.1) is 6.92 Å². The third-order valence-electron chi connectivity index (χ3n) is 4.65. The number of ether oxygens (including phenoxy) is 1. The van der Waals surface area contributed by atoms with Crippen LogP contribution in [0.4, 0.5) is 0 Å². The van der Waals surface area contributed by atoms with E-state index in [2.05, 4.69) is 17.0 Å². The molecule has 0 spiro atoms. The molecule has 4 nitrogen and oxygen atoms in total. The lowest BCUT2D eigenvalue weighted by Crippen LogP contribution is -2.48. The first-order valence-corrected chi connectivity index (χ1v) is 9.36. The number of hydrogen-bond acceptors (Lipinski definition) is 3. The molecule has 0 bridgehead atoms. The number of carbonyl (C=O) groups excluding carboxylic acids is 1. The fourth-order valence-corrected chi connectivity index (χ4v) is 3.31. The first-order valence-electron chi connectivity index (χ1n) is 9.36. The second kappa shape index (κ2) is 8.37. The van der Waals surface area contributed by atoms with Crippen molar-refractivity contribution in [2.24, 2.45) is 0 Å². The predicted octanol–water partition coefficient (Wildman–Crippen LogP) is 3.74. The predicted molar refractivity (Wildman–Crippen MR) is 105 cm³/mol. The van der Waals surface area contributed by atoms with E-state index < -0.39 is 0 Å². The average molecular weight is 352 g/mol. The van der Waals surface area contributed by atoms with Crippen LogP contribution in [0.2, 0.25) is 0 Å². The lowest BCUT2D eigenvalue weighted by Gasteiger charge is -2.35. The van der Waals surface area contributed by atoms with Gasteiger partial charge in [-0.1, -0.05) is 35.9 Å². The monoisotopic (exact) mass is 352 g/mol. The Balaban J connectivity index is 1.58. The van der Waals surface area contributed by atoms with E-state index in [0.717, 1.165) is 49.6 Å². The van der Waals surface area contributed by atoms with E-state index in [0.29, 0.717) is 0 Å². The third kappa shape index (κ3) is 4.64. The fourth-order valence-electron chi connectivity index (χ4n) is 3.31. The van der Waals surface area contributed by atoms with E-state index in [1.54, 1.807) is 0 Å². The number of piperazine rings is 1. The zero-order valence-electron chi connectivity index (χ0n) is 15.9. The lowest BCUT2D eigenvalue weighted by molar-refractivity contribution is 0.0626. The number of amides is 1. The second-order valence-corrected chi connectivity index (χ2v) is 7.21. The Labute approximate surface area is 156 Å². The highest BCUT2D eigenvalue weighted by atomic mass is 16.5. The number of nitrogens with zero attached hydrogens (tertiary/aromatic N) is 2. The number of carbonyl (C=O) groups is 1. The van der Waals surface area contributed by atoms with Crippen molar-refractivity contribution >= 4 is 5.91 Å². The Morgan fingerprint density at radius 2 is 1.77 bits per heavy atom. The molecule has 4 heteroatoms. The van der Waals surface area contributed by atoms with Crippen molar-refractivity contribution in [1.82, 2.24) is 9.80 Å². The second-order valence-electron chi connectivity index (χ2n) is 7.21. The van der Waals surface area contributed by atoms with Crippen LogP contribution >= 0.6 is 0 Å². The molecule has 2 aromatic rings. The maximum absolute atomic E-state index is 12.7. The molecule has 1 aliphatic rings. The van der Waals surface area contributed by atoms with Gasteiger partial charge in [-0.2, -0.15) is 0 Å². The largest absolute Gasteiger partial charge is 0.491 e. The van der Waals surface area contributed by atoms with Gasteiger partial charge in [-0.25, -0.2) is 0 Å².